The lowest BCUT2D eigenvalue weighted by atomic mass is 9.82. The van der Waals surface area contributed by atoms with E-state index >= 15 is 0 Å². The molecule has 0 saturated carbocycles. The van der Waals surface area contributed by atoms with Gasteiger partial charge >= 0.3 is 0 Å². The summed E-state index contributed by atoms with van der Waals surface area (Å²) in [5.74, 6) is 0. The molecule has 0 amide bonds. The Balaban J connectivity index is 1.20. The van der Waals surface area contributed by atoms with Gasteiger partial charge in [-0.05, 0) is 125 Å². The van der Waals surface area contributed by atoms with Crippen LogP contribution in [0.1, 0.15) is 25.0 Å². The number of anilines is 6. The van der Waals surface area contributed by atoms with Gasteiger partial charge < -0.3 is 14.4 Å². The number of para-hydroxylation sites is 4. The Labute approximate surface area is 316 Å². The Morgan fingerprint density at radius 2 is 0.796 bits per heavy atom. The van der Waals surface area contributed by atoms with Crippen LogP contribution in [0.2, 0.25) is 0 Å². The van der Waals surface area contributed by atoms with Crippen molar-refractivity contribution in [1.29, 1.82) is 0 Å². The molecule has 0 unspecified atom stereocenters. The first-order valence-electron chi connectivity index (χ1n) is 18.7. The molecule has 0 radical (unpaired) electrons. The highest BCUT2D eigenvalue weighted by Gasteiger charge is 2.36. The summed E-state index contributed by atoms with van der Waals surface area (Å²) < 4.78 is 2.46. The monoisotopic (exact) mass is 693 g/mol. The van der Waals surface area contributed by atoms with E-state index in [9.17, 15) is 0 Å². The molecular weight excluding hydrogens is 655 g/mol. The quantitative estimate of drug-likeness (QED) is 0.165. The maximum Gasteiger partial charge on any atom is 0.0547 e. The van der Waals surface area contributed by atoms with Crippen molar-refractivity contribution in [3.8, 4) is 16.8 Å². The predicted molar refractivity (Wildman–Crippen MR) is 228 cm³/mol. The first-order chi connectivity index (χ1) is 26.6. The molecule has 8 aromatic carbocycles. The molecule has 1 heterocycles. The summed E-state index contributed by atoms with van der Waals surface area (Å²) >= 11 is 0. The molecule has 0 saturated heterocycles. The fraction of sp³-hybridized carbons (Fsp3) is 0.0588. The van der Waals surface area contributed by atoms with E-state index < -0.39 is 0 Å². The highest BCUT2D eigenvalue weighted by molar-refractivity contribution is 6.12. The van der Waals surface area contributed by atoms with Crippen LogP contribution < -0.4 is 9.80 Å². The zero-order valence-electron chi connectivity index (χ0n) is 30.4. The van der Waals surface area contributed by atoms with E-state index in [-0.39, 0.29) is 5.41 Å². The molecule has 0 spiro atoms. The van der Waals surface area contributed by atoms with Gasteiger partial charge in [0, 0.05) is 56.0 Å². The van der Waals surface area contributed by atoms with Gasteiger partial charge in [0.2, 0.25) is 0 Å². The summed E-state index contributed by atoms with van der Waals surface area (Å²) in [7, 11) is 0. The maximum atomic E-state index is 2.48. The number of fused-ring (bicyclic) bond motifs is 6. The van der Waals surface area contributed by atoms with Crippen molar-refractivity contribution in [1.82, 2.24) is 4.57 Å². The third kappa shape index (κ3) is 5.12. The molecule has 0 fully saturated rings. The van der Waals surface area contributed by atoms with Gasteiger partial charge in [0.15, 0.2) is 0 Å². The van der Waals surface area contributed by atoms with E-state index in [1.54, 1.807) is 0 Å². The fourth-order valence-corrected chi connectivity index (χ4v) is 8.57. The minimum atomic E-state index is -0.105. The molecule has 1 aromatic heterocycles. The van der Waals surface area contributed by atoms with E-state index in [4.69, 9.17) is 0 Å². The van der Waals surface area contributed by atoms with Crippen LogP contribution in [0.3, 0.4) is 0 Å². The molecule has 0 aliphatic heterocycles. The third-order valence-electron chi connectivity index (χ3n) is 11.1. The number of hydrogen-bond donors (Lipinski definition) is 0. The van der Waals surface area contributed by atoms with Crippen LogP contribution in [0, 0.1) is 0 Å². The summed E-state index contributed by atoms with van der Waals surface area (Å²) in [6.07, 6.45) is 0. The van der Waals surface area contributed by atoms with E-state index in [1.165, 1.54) is 44.1 Å². The highest BCUT2D eigenvalue weighted by atomic mass is 15.1. The Morgan fingerprint density at radius 3 is 1.35 bits per heavy atom. The van der Waals surface area contributed by atoms with Gasteiger partial charge in [-0.2, -0.15) is 0 Å². The Morgan fingerprint density at radius 1 is 0.352 bits per heavy atom. The largest absolute Gasteiger partial charge is 0.311 e. The molecular formula is C51H39N3. The average molecular weight is 694 g/mol. The summed E-state index contributed by atoms with van der Waals surface area (Å²) in [6.45, 7) is 4.73. The molecule has 54 heavy (non-hydrogen) atoms. The first-order valence-corrected chi connectivity index (χ1v) is 18.7. The molecule has 1 aliphatic rings. The van der Waals surface area contributed by atoms with Crippen molar-refractivity contribution < 1.29 is 0 Å². The van der Waals surface area contributed by atoms with E-state index in [0.717, 1.165) is 39.8 Å². The lowest BCUT2D eigenvalue weighted by Crippen LogP contribution is -2.14. The molecule has 0 N–H and O–H groups in total. The smallest absolute Gasteiger partial charge is 0.0547 e. The second kappa shape index (κ2) is 12.7. The van der Waals surface area contributed by atoms with Crippen LogP contribution in [0.25, 0.3) is 38.6 Å². The van der Waals surface area contributed by atoms with Crippen LogP contribution >= 0.6 is 0 Å². The Hall–Kier alpha value is -6.84. The Kier molecular flexibility index (Phi) is 7.48. The lowest BCUT2D eigenvalue weighted by molar-refractivity contribution is 0.661. The number of hydrogen-bond acceptors (Lipinski definition) is 2. The standard InChI is InChI=1S/C51H39N3/c1-51(2)47-26-16-15-25-43(47)44-35-50-46(34-48(44)51)45-33-42(53(38-21-11-5-12-22-38)39-23-13-6-14-24-39)31-32-49(45)54(50)41-29-27-40(28-30-41)52(36-17-7-3-8-18-36)37-19-9-4-10-20-37/h3-35H,1-2H3. The maximum absolute atomic E-state index is 2.48. The van der Waals surface area contributed by atoms with Gasteiger partial charge in [-0.1, -0.05) is 111 Å². The predicted octanol–water partition coefficient (Wildman–Crippen LogP) is 14.0. The van der Waals surface area contributed by atoms with E-state index in [1.807, 2.05) is 0 Å². The third-order valence-corrected chi connectivity index (χ3v) is 11.1. The van der Waals surface area contributed by atoms with Crippen molar-refractivity contribution in [3.05, 3.63) is 211 Å². The van der Waals surface area contributed by atoms with Crippen LogP contribution in [0.4, 0.5) is 34.1 Å². The van der Waals surface area contributed by atoms with Gasteiger partial charge in [0.25, 0.3) is 0 Å². The number of aromatic nitrogens is 1. The minimum Gasteiger partial charge on any atom is -0.311 e. The van der Waals surface area contributed by atoms with Crippen molar-refractivity contribution in [2.75, 3.05) is 9.80 Å². The number of rotatable bonds is 7. The second-order valence-corrected chi connectivity index (χ2v) is 14.7. The molecule has 0 bridgehead atoms. The molecule has 3 nitrogen and oxygen atoms in total. The van der Waals surface area contributed by atoms with Crippen LogP contribution in [0.15, 0.2) is 200 Å². The summed E-state index contributed by atoms with van der Waals surface area (Å²) in [5.41, 5.74) is 15.5. The van der Waals surface area contributed by atoms with E-state index in [2.05, 4.69) is 228 Å². The zero-order chi connectivity index (χ0) is 36.2. The highest BCUT2D eigenvalue weighted by Crippen LogP contribution is 2.51. The molecule has 0 atom stereocenters. The summed E-state index contributed by atoms with van der Waals surface area (Å²) in [5, 5.41) is 2.49. The van der Waals surface area contributed by atoms with Gasteiger partial charge in [-0.15, -0.1) is 0 Å². The Bertz CT molecular complexity index is 2690. The van der Waals surface area contributed by atoms with Crippen LogP contribution in [-0.2, 0) is 5.41 Å². The summed E-state index contributed by atoms with van der Waals surface area (Å²) in [6, 6.07) is 72.4. The zero-order valence-corrected chi connectivity index (χ0v) is 30.4. The molecule has 10 rings (SSSR count). The SMILES string of the molecule is CC1(C)c2ccccc2-c2cc3c(cc21)c1cc(N(c2ccccc2)c2ccccc2)ccc1n3-c1ccc(N(c2ccccc2)c2ccccc2)cc1. The van der Waals surface area contributed by atoms with Crippen molar-refractivity contribution in [3.63, 3.8) is 0 Å². The number of benzene rings is 8. The molecule has 3 heteroatoms. The topological polar surface area (TPSA) is 11.4 Å². The van der Waals surface area contributed by atoms with Crippen LogP contribution in [0.5, 0.6) is 0 Å². The van der Waals surface area contributed by atoms with Crippen molar-refractivity contribution in [2.24, 2.45) is 0 Å². The van der Waals surface area contributed by atoms with Crippen molar-refractivity contribution in [2.45, 2.75) is 19.3 Å². The van der Waals surface area contributed by atoms with E-state index in [0.29, 0.717) is 0 Å². The fourth-order valence-electron chi connectivity index (χ4n) is 8.57. The second-order valence-electron chi connectivity index (χ2n) is 14.7. The summed E-state index contributed by atoms with van der Waals surface area (Å²) in [4.78, 5) is 4.67. The van der Waals surface area contributed by atoms with Gasteiger partial charge in [-0.3, -0.25) is 0 Å². The van der Waals surface area contributed by atoms with Crippen molar-refractivity contribution >= 4 is 55.9 Å². The van der Waals surface area contributed by atoms with Gasteiger partial charge in [0.05, 0.1) is 11.0 Å². The lowest BCUT2D eigenvalue weighted by Gasteiger charge is -2.26. The van der Waals surface area contributed by atoms with Gasteiger partial charge in [0.1, 0.15) is 0 Å². The molecule has 258 valence electrons. The number of nitrogens with zero attached hydrogens (tertiary/aromatic N) is 3. The van der Waals surface area contributed by atoms with Gasteiger partial charge in [-0.25, -0.2) is 0 Å². The first kappa shape index (κ1) is 31.9. The normalized spacial score (nSPS) is 12.8. The molecule has 9 aromatic rings. The molecule has 1 aliphatic carbocycles. The van der Waals surface area contributed by atoms with Crippen LogP contribution in [-0.4, -0.2) is 4.57 Å². The average Bonchev–Trinajstić information content (AvgIpc) is 3.66. The minimum absolute atomic E-state index is 0.105.